The van der Waals surface area contributed by atoms with Gasteiger partial charge in [0.05, 0.1) is 7.11 Å². The molecule has 1 amide bonds. The van der Waals surface area contributed by atoms with Crippen LogP contribution in [-0.4, -0.2) is 36.2 Å². The molecule has 1 fully saturated rings. The average molecular weight is 173 g/mol. The van der Waals surface area contributed by atoms with Gasteiger partial charge in [-0.15, -0.1) is 0 Å². The molecule has 1 heterocycles. The fourth-order valence-electron chi connectivity index (χ4n) is 1.31. The number of carbonyl (C=O) groups excluding carboxylic acids is 2. The Bertz CT molecular complexity index is 215. The smallest absolute Gasteiger partial charge is 0.313 e. The summed E-state index contributed by atoms with van der Waals surface area (Å²) in [5, 5.41) is 11.7. The lowest BCUT2D eigenvalue weighted by Crippen LogP contribution is -2.33. The van der Waals surface area contributed by atoms with E-state index in [4.69, 9.17) is 0 Å². The Balaban J connectivity index is 2.76. The number of methoxy groups -OCH3 is 1. The van der Waals surface area contributed by atoms with Gasteiger partial charge in [-0.3, -0.25) is 9.59 Å². The van der Waals surface area contributed by atoms with Gasteiger partial charge >= 0.3 is 5.97 Å². The molecule has 3 atom stereocenters. The molecule has 1 aliphatic rings. The standard InChI is InChI=1S/C7H11NO4/c1-3-4(7(11)12-2)5(9)6(10)8-3/h3-5,9H,1-2H3,(H,8,10)/t3-,4+,5+/m0/s1. The second kappa shape index (κ2) is 3.10. The van der Waals surface area contributed by atoms with Gasteiger partial charge < -0.3 is 15.2 Å². The van der Waals surface area contributed by atoms with E-state index < -0.39 is 23.9 Å². The summed E-state index contributed by atoms with van der Waals surface area (Å²) < 4.78 is 4.43. The van der Waals surface area contributed by atoms with Crippen molar-refractivity contribution in [3.05, 3.63) is 0 Å². The van der Waals surface area contributed by atoms with Gasteiger partial charge in [0.2, 0.25) is 5.91 Å². The van der Waals surface area contributed by atoms with Crippen LogP contribution in [0, 0.1) is 5.92 Å². The van der Waals surface area contributed by atoms with Crippen LogP contribution in [0.3, 0.4) is 0 Å². The Hall–Kier alpha value is -1.10. The van der Waals surface area contributed by atoms with Gasteiger partial charge in [0.25, 0.3) is 0 Å². The van der Waals surface area contributed by atoms with Gasteiger partial charge in [0.15, 0.2) is 0 Å². The van der Waals surface area contributed by atoms with E-state index in [0.717, 1.165) is 0 Å². The van der Waals surface area contributed by atoms with Crippen LogP contribution in [0.25, 0.3) is 0 Å². The fraction of sp³-hybridized carbons (Fsp3) is 0.714. The number of nitrogens with one attached hydrogen (secondary N) is 1. The largest absolute Gasteiger partial charge is 0.469 e. The van der Waals surface area contributed by atoms with Crippen molar-refractivity contribution in [2.75, 3.05) is 7.11 Å². The molecule has 2 N–H and O–H groups in total. The van der Waals surface area contributed by atoms with Crippen molar-refractivity contribution in [1.82, 2.24) is 5.32 Å². The maximum atomic E-state index is 11.0. The number of aliphatic hydroxyl groups is 1. The summed E-state index contributed by atoms with van der Waals surface area (Å²) in [6.07, 6.45) is -1.27. The van der Waals surface area contributed by atoms with Crippen LogP contribution in [0.5, 0.6) is 0 Å². The number of ether oxygens (including phenoxy) is 1. The van der Waals surface area contributed by atoms with E-state index in [-0.39, 0.29) is 6.04 Å². The molecule has 0 bridgehead atoms. The van der Waals surface area contributed by atoms with E-state index >= 15 is 0 Å². The first-order valence-corrected chi connectivity index (χ1v) is 3.64. The predicted octanol–water partition coefficient (Wildman–Crippen LogP) is -1.35. The molecule has 5 nitrogen and oxygen atoms in total. The van der Waals surface area contributed by atoms with Crippen LogP contribution in [0.4, 0.5) is 0 Å². The summed E-state index contributed by atoms with van der Waals surface area (Å²) in [5.74, 6) is -1.85. The SMILES string of the molecule is COC(=O)[C@@H]1[C@H](C)NC(=O)[C@@H]1O. The molecule has 0 radical (unpaired) electrons. The van der Waals surface area contributed by atoms with Crippen LogP contribution in [-0.2, 0) is 14.3 Å². The third kappa shape index (κ3) is 1.27. The summed E-state index contributed by atoms with van der Waals surface area (Å²) in [7, 11) is 1.23. The van der Waals surface area contributed by atoms with Crippen molar-refractivity contribution < 1.29 is 19.4 Å². The number of carbonyl (C=O) groups is 2. The second-order valence-electron chi connectivity index (χ2n) is 2.79. The van der Waals surface area contributed by atoms with Crippen molar-refractivity contribution in [1.29, 1.82) is 0 Å². The molecule has 1 saturated heterocycles. The highest BCUT2D eigenvalue weighted by Crippen LogP contribution is 2.18. The molecular weight excluding hydrogens is 162 g/mol. The number of rotatable bonds is 1. The van der Waals surface area contributed by atoms with Gasteiger partial charge in [-0.1, -0.05) is 0 Å². The van der Waals surface area contributed by atoms with Crippen molar-refractivity contribution in [3.63, 3.8) is 0 Å². The Labute approximate surface area is 69.7 Å². The molecule has 0 aromatic heterocycles. The van der Waals surface area contributed by atoms with Crippen LogP contribution in [0.15, 0.2) is 0 Å². The molecule has 1 rings (SSSR count). The topological polar surface area (TPSA) is 75.6 Å². The molecular formula is C7H11NO4. The lowest BCUT2D eigenvalue weighted by atomic mass is 10.00. The number of hydrogen-bond acceptors (Lipinski definition) is 4. The minimum atomic E-state index is -1.27. The summed E-state index contributed by atoms with van der Waals surface area (Å²) in [4.78, 5) is 21.9. The molecule has 1 aliphatic heterocycles. The van der Waals surface area contributed by atoms with Gasteiger partial charge in [-0.2, -0.15) is 0 Å². The zero-order chi connectivity index (χ0) is 9.30. The predicted molar refractivity (Wildman–Crippen MR) is 39.1 cm³/mol. The lowest BCUT2D eigenvalue weighted by Gasteiger charge is -2.12. The van der Waals surface area contributed by atoms with Gasteiger partial charge in [0, 0.05) is 6.04 Å². The summed E-state index contributed by atoms with van der Waals surface area (Å²) in [6, 6.07) is -0.361. The van der Waals surface area contributed by atoms with Crippen molar-refractivity contribution in [2.45, 2.75) is 19.1 Å². The van der Waals surface area contributed by atoms with E-state index in [1.165, 1.54) is 7.11 Å². The van der Waals surface area contributed by atoms with E-state index in [2.05, 4.69) is 10.1 Å². The number of esters is 1. The average Bonchev–Trinajstić information content (AvgIpc) is 2.26. The number of amides is 1. The zero-order valence-electron chi connectivity index (χ0n) is 6.90. The van der Waals surface area contributed by atoms with Crippen LogP contribution < -0.4 is 5.32 Å². The normalized spacial score (nSPS) is 34.6. The van der Waals surface area contributed by atoms with Gasteiger partial charge in [-0.25, -0.2) is 0 Å². The zero-order valence-corrected chi connectivity index (χ0v) is 6.90. The van der Waals surface area contributed by atoms with Crippen LogP contribution >= 0.6 is 0 Å². The molecule has 12 heavy (non-hydrogen) atoms. The molecule has 5 heteroatoms. The number of aliphatic hydroxyl groups excluding tert-OH is 1. The quantitative estimate of drug-likeness (QED) is 0.481. The Morgan fingerprint density at radius 2 is 2.25 bits per heavy atom. The highest BCUT2D eigenvalue weighted by Gasteiger charge is 2.44. The Morgan fingerprint density at radius 3 is 2.58 bits per heavy atom. The molecule has 0 unspecified atom stereocenters. The molecule has 0 saturated carbocycles. The highest BCUT2D eigenvalue weighted by atomic mass is 16.5. The third-order valence-corrected chi connectivity index (χ3v) is 1.99. The number of hydrogen-bond donors (Lipinski definition) is 2. The summed E-state index contributed by atoms with van der Waals surface area (Å²) in [6.45, 7) is 1.65. The summed E-state index contributed by atoms with van der Waals surface area (Å²) >= 11 is 0. The maximum absolute atomic E-state index is 11.0. The van der Waals surface area contributed by atoms with Gasteiger partial charge in [0.1, 0.15) is 12.0 Å². The van der Waals surface area contributed by atoms with E-state index in [9.17, 15) is 14.7 Å². The third-order valence-electron chi connectivity index (χ3n) is 1.99. The minimum Gasteiger partial charge on any atom is -0.469 e. The molecule has 68 valence electrons. The first-order valence-electron chi connectivity index (χ1n) is 3.64. The highest BCUT2D eigenvalue weighted by molar-refractivity contribution is 5.91. The Kier molecular flexibility index (Phi) is 2.32. The fourth-order valence-corrected chi connectivity index (χ4v) is 1.31. The molecule has 0 aromatic carbocycles. The summed E-state index contributed by atoms with van der Waals surface area (Å²) in [5.41, 5.74) is 0. The van der Waals surface area contributed by atoms with Crippen LogP contribution in [0.2, 0.25) is 0 Å². The van der Waals surface area contributed by atoms with Crippen LogP contribution in [0.1, 0.15) is 6.92 Å². The van der Waals surface area contributed by atoms with E-state index in [0.29, 0.717) is 0 Å². The molecule has 0 aromatic rings. The van der Waals surface area contributed by atoms with E-state index in [1.807, 2.05) is 0 Å². The van der Waals surface area contributed by atoms with E-state index in [1.54, 1.807) is 6.92 Å². The minimum absolute atomic E-state index is 0.361. The van der Waals surface area contributed by atoms with Crippen molar-refractivity contribution in [2.24, 2.45) is 5.92 Å². The monoisotopic (exact) mass is 173 g/mol. The lowest BCUT2D eigenvalue weighted by molar-refractivity contribution is -0.150. The first-order chi connectivity index (χ1) is 5.57. The van der Waals surface area contributed by atoms with Gasteiger partial charge in [-0.05, 0) is 6.92 Å². The molecule has 0 aliphatic carbocycles. The Morgan fingerprint density at radius 1 is 1.67 bits per heavy atom. The molecule has 0 spiro atoms. The van der Waals surface area contributed by atoms with Crippen molar-refractivity contribution >= 4 is 11.9 Å². The maximum Gasteiger partial charge on any atom is 0.313 e. The second-order valence-corrected chi connectivity index (χ2v) is 2.79. The van der Waals surface area contributed by atoms with Crippen molar-refractivity contribution in [3.8, 4) is 0 Å². The first kappa shape index (κ1) is 8.99.